The van der Waals surface area contributed by atoms with E-state index in [-0.39, 0.29) is 54.4 Å². The Labute approximate surface area is 241 Å². The summed E-state index contributed by atoms with van der Waals surface area (Å²) in [6.45, 7) is 6.77. The van der Waals surface area contributed by atoms with Gasteiger partial charge in [0, 0.05) is 17.8 Å². The van der Waals surface area contributed by atoms with Gasteiger partial charge in [0.15, 0.2) is 0 Å². The van der Waals surface area contributed by atoms with Gasteiger partial charge in [0.05, 0.1) is 17.4 Å². The standard InChI is InChI=1S/C28H35N7O2.2ClH/c1-17-14-18(2)35(34-17)24-10-8-21(9-11-24)23-12-13-31-25(15-23)28(37)33-19(3)27(36)32-16-20-4-6-22(7-5-20)26(29)30;;/h4-11,14,19,23,25,31H,12-13,15-16H2,1-3H3,(H3,29,30)(H,32,36)(H,33,37);2*1H/t19-,23-,25+;;/m0../s1. The van der Waals surface area contributed by atoms with Gasteiger partial charge in [0.1, 0.15) is 11.9 Å². The zero-order chi connectivity index (χ0) is 26.5. The summed E-state index contributed by atoms with van der Waals surface area (Å²) >= 11 is 0. The van der Waals surface area contributed by atoms with Gasteiger partial charge in [-0.1, -0.05) is 36.4 Å². The van der Waals surface area contributed by atoms with E-state index in [4.69, 9.17) is 11.1 Å². The summed E-state index contributed by atoms with van der Waals surface area (Å²) in [6.07, 6.45) is 1.61. The third kappa shape index (κ3) is 8.05. The number of amidine groups is 1. The Bertz CT molecular complexity index is 1280. The van der Waals surface area contributed by atoms with Crippen LogP contribution in [0.2, 0.25) is 0 Å². The number of amides is 2. The minimum Gasteiger partial charge on any atom is -0.384 e. The second-order valence-corrected chi connectivity index (χ2v) is 9.72. The van der Waals surface area contributed by atoms with Gasteiger partial charge in [0.2, 0.25) is 11.8 Å². The SMILES string of the molecule is Cc1cc(C)n(-c2ccc([C@H]3CCN[C@@H](C(=O)N[C@@H](C)C(=O)NCc4ccc(C(=N)N)cc4)C3)cc2)n1.Cl.Cl. The van der Waals surface area contributed by atoms with Crippen LogP contribution in [0, 0.1) is 19.3 Å². The van der Waals surface area contributed by atoms with Gasteiger partial charge in [-0.25, -0.2) is 4.68 Å². The van der Waals surface area contributed by atoms with E-state index in [9.17, 15) is 9.59 Å². The lowest BCUT2D eigenvalue weighted by molar-refractivity contribution is -0.130. The Morgan fingerprint density at radius 3 is 2.38 bits per heavy atom. The normalized spacial score (nSPS) is 17.2. The quantitative estimate of drug-likeness (QED) is 0.208. The van der Waals surface area contributed by atoms with Crippen LogP contribution >= 0.6 is 24.8 Å². The minimum atomic E-state index is -0.661. The molecular weight excluding hydrogens is 537 g/mol. The van der Waals surface area contributed by atoms with E-state index in [0.717, 1.165) is 35.6 Å². The number of halogens is 2. The molecule has 0 bridgehead atoms. The van der Waals surface area contributed by atoms with Crippen LogP contribution in [-0.4, -0.2) is 46.1 Å². The second-order valence-electron chi connectivity index (χ2n) is 9.72. The number of aromatic nitrogens is 2. The number of hydrogen-bond donors (Lipinski definition) is 5. The van der Waals surface area contributed by atoms with Crippen molar-refractivity contribution in [3.05, 3.63) is 82.7 Å². The fourth-order valence-corrected chi connectivity index (χ4v) is 4.72. The number of rotatable bonds is 8. The molecule has 2 amide bonds. The van der Waals surface area contributed by atoms with Crippen molar-refractivity contribution in [2.45, 2.75) is 58.2 Å². The number of carbonyl (C=O) groups excluding carboxylic acids is 2. The first-order valence-electron chi connectivity index (χ1n) is 12.6. The maximum absolute atomic E-state index is 12.9. The molecule has 0 spiro atoms. The highest BCUT2D eigenvalue weighted by atomic mass is 35.5. The molecule has 1 aliphatic heterocycles. The van der Waals surface area contributed by atoms with E-state index < -0.39 is 6.04 Å². The van der Waals surface area contributed by atoms with Gasteiger partial charge >= 0.3 is 0 Å². The van der Waals surface area contributed by atoms with Crippen molar-refractivity contribution < 1.29 is 9.59 Å². The molecule has 2 heterocycles. The number of aryl methyl sites for hydroxylation is 2. The van der Waals surface area contributed by atoms with Crippen molar-refractivity contribution in [2.24, 2.45) is 5.73 Å². The molecule has 0 aliphatic carbocycles. The number of carbonyl (C=O) groups is 2. The van der Waals surface area contributed by atoms with E-state index in [0.29, 0.717) is 18.5 Å². The van der Waals surface area contributed by atoms with E-state index in [2.05, 4.69) is 51.4 Å². The highest BCUT2D eigenvalue weighted by Crippen LogP contribution is 2.28. The second kappa shape index (κ2) is 14.1. The predicted molar refractivity (Wildman–Crippen MR) is 158 cm³/mol. The first kappa shape index (κ1) is 31.8. The summed E-state index contributed by atoms with van der Waals surface area (Å²) < 4.78 is 1.94. The molecule has 1 aliphatic rings. The van der Waals surface area contributed by atoms with Crippen molar-refractivity contribution in [1.82, 2.24) is 25.7 Å². The summed E-state index contributed by atoms with van der Waals surface area (Å²) in [5.74, 6) is -0.163. The molecule has 0 unspecified atom stereocenters. The van der Waals surface area contributed by atoms with Gasteiger partial charge in [0.25, 0.3) is 0 Å². The number of nitrogen functional groups attached to an aromatic ring is 1. The predicted octanol–water partition coefficient (Wildman–Crippen LogP) is 3.27. The molecule has 1 aromatic heterocycles. The molecule has 0 saturated carbocycles. The average Bonchev–Trinajstić information content (AvgIpc) is 3.25. The molecule has 1 fully saturated rings. The van der Waals surface area contributed by atoms with Crippen LogP contribution in [0.1, 0.15) is 53.8 Å². The van der Waals surface area contributed by atoms with Crippen LogP contribution in [-0.2, 0) is 16.1 Å². The number of hydrogen-bond acceptors (Lipinski definition) is 5. The van der Waals surface area contributed by atoms with Gasteiger partial charge < -0.3 is 21.7 Å². The summed E-state index contributed by atoms with van der Waals surface area (Å²) in [5.41, 5.74) is 11.3. The Morgan fingerprint density at radius 1 is 1.13 bits per heavy atom. The Morgan fingerprint density at radius 2 is 1.79 bits per heavy atom. The first-order valence-corrected chi connectivity index (χ1v) is 12.6. The Balaban J connectivity index is 0.00000267. The molecule has 11 heteroatoms. The number of nitrogens with zero attached hydrogens (tertiary/aromatic N) is 2. The molecule has 0 radical (unpaired) electrons. The molecule has 210 valence electrons. The Hall–Kier alpha value is -3.40. The van der Waals surface area contributed by atoms with Crippen LogP contribution in [0.4, 0.5) is 0 Å². The summed E-state index contributed by atoms with van der Waals surface area (Å²) in [4.78, 5) is 25.5. The number of piperidine rings is 1. The van der Waals surface area contributed by atoms with Crippen LogP contribution in [0.5, 0.6) is 0 Å². The van der Waals surface area contributed by atoms with Crippen LogP contribution in [0.3, 0.4) is 0 Å². The Kier molecular flexibility index (Phi) is 11.5. The lowest BCUT2D eigenvalue weighted by atomic mass is 9.86. The van der Waals surface area contributed by atoms with Crippen LogP contribution < -0.4 is 21.7 Å². The molecule has 9 nitrogen and oxygen atoms in total. The maximum atomic E-state index is 12.9. The number of benzene rings is 2. The molecule has 2 aromatic carbocycles. The van der Waals surface area contributed by atoms with E-state index >= 15 is 0 Å². The molecule has 1 saturated heterocycles. The fraction of sp³-hybridized carbons (Fsp3) is 0.357. The van der Waals surface area contributed by atoms with Crippen molar-refractivity contribution in [3.63, 3.8) is 0 Å². The number of nitrogens with two attached hydrogens (primary N) is 1. The van der Waals surface area contributed by atoms with Gasteiger partial charge in [-0.3, -0.25) is 15.0 Å². The summed E-state index contributed by atoms with van der Waals surface area (Å²) in [6, 6.07) is 16.5. The lowest BCUT2D eigenvalue weighted by Gasteiger charge is -2.30. The molecule has 39 heavy (non-hydrogen) atoms. The lowest BCUT2D eigenvalue weighted by Crippen LogP contribution is -2.53. The first-order chi connectivity index (χ1) is 17.7. The largest absolute Gasteiger partial charge is 0.384 e. The smallest absolute Gasteiger partial charge is 0.242 e. The third-order valence-electron chi connectivity index (χ3n) is 6.82. The molecular formula is C28H37Cl2N7O2. The summed E-state index contributed by atoms with van der Waals surface area (Å²) in [7, 11) is 0. The third-order valence-corrected chi connectivity index (χ3v) is 6.82. The topological polar surface area (TPSA) is 138 Å². The highest BCUT2D eigenvalue weighted by molar-refractivity contribution is 5.95. The van der Waals surface area contributed by atoms with Gasteiger partial charge in [-0.05, 0) is 75.4 Å². The monoisotopic (exact) mass is 573 g/mol. The zero-order valence-electron chi connectivity index (χ0n) is 22.4. The minimum absolute atomic E-state index is 0. The summed E-state index contributed by atoms with van der Waals surface area (Å²) in [5, 5.41) is 21.0. The molecule has 3 aromatic rings. The van der Waals surface area contributed by atoms with Crippen molar-refractivity contribution in [3.8, 4) is 5.69 Å². The van der Waals surface area contributed by atoms with E-state index in [1.165, 1.54) is 5.56 Å². The fourth-order valence-electron chi connectivity index (χ4n) is 4.72. The van der Waals surface area contributed by atoms with Gasteiger partial charge in [-0.2, -0.15) is 5.10 Å². The highest BCUT2D eigenvalue weighted by Gasteiger charge is 2.29. The van der Waals surface area contributed by atoms with Crippen molar-refractivity contribution >= 4 is 42.5 Å². The van der Waals surface area contributed by atoms with Gasteiger partial charge in [-0.15, -0.1) is 24.8 Å². The van der Waals surface area contributed by atoms with Crippen molar-refractivity contribution in [1.29, 1.82) is 5.41 Å². The average molecular weight is 575 g/mol. The van der Waals surface area contributed by atoms with E-state index in [1.807, 2.05) is 30.7 Å². The molecule has 4 rings (SSSR count). The molecule has 3 atom stereocenters. The molecule has 6 N–H and O–H groups in total. The zero-order valence-corrected chi connectivity index (χ0v) is 24.0. The van der Waals surface area contributed by atoms with Crippen LogP contribution in [0.15, 0.2) is 54.6 Å². The van der Waals surface area contributed by atoms with Crippen molar-refractivity contribution in [2.75, 3.05) is 6.54 Å². The van der Waals surface area contributed by atoms with E-state index in [1.54, 1.807) is 19.1 Å². The van der Waals surface area contributed by atoms with Crippen LogP contribution in [0.25, 0.3) is 5.69 Å². The number of nitrogens with one attached hydrogen (secondary N) is 4. The maximum Gasteiger partial charge on any atom is 0.242 e.